The molecule has 0 aromatic rings. The number of rotatable bonds is 13. The second-order valence-corrected chi connectivity index (χ2v) is 8.15. The Kier molecular flexibility index (Phi) is 12.5. The van der Waals surface area contributed by atoms with Crippen molar-refractivity contribution < 1.29 is 64.2 Å². The number of aliphatic hydroxyl groups is 7. The van der Waals surface area contributed by atoms with E-state index < -0.39 is 80.3 Å². The molecule has 0 unspecified atom stereocenters. The van der Waals surface area contributed by atoms with E-state index in [0.717, 1.165) is 0 Å². The van der Waals surface area contributed by atoms with Gasteiger partial charge in [-0.2, -0.15) is 0 Å². The molecule has 1 amide bonds. The SMILES string of the molecule is CC(=O)N[C@H]1[C@@H](O)[C@H](O[C@@H]2O[C@H](CO)[C@H](O)[C@H](O)[C@H]2O)[C@@H](CO)O[C@H]1CCOCCOCCO. The first kappa shape index (κ1) is 29.2. The van der Waals surface area contributed by atoms with Gasteiger partial charge in [0.05, 0.1) is 51.8 Å². The van der Waals surface area contributed by atoms with Gasteiger partial charge in [-0.25, -0.2) is 0 Å². The van der Waals surface area contributed by atoms with Crippen LogP contribution in [0.25, 0.3) is 0 Å². The molecule has 2 rings (SSSR count). The van der Waals surface area contributed by atoms with Crippen molar-refractivity contribution in [3.8, 4) is 0 Å². The third kappa shape index (κ3) is 7.74. The van der Waals surface area contributed by atoms with Crippen LogP contribution in [0.2, 0.25) is 0 Å². The Balaban J connectivity index is 2.05. The summed E-state index contributed by atoms with van der Waals surface area (Å²) in [4.78, 5) is 11.8. The Morgan fingerprint density at radius 1 is 0.794 bits per heavy atom. The molecule has 0 saturated carbocycles. The highest BCUT2D eigenvalue weighted by atomic mass is 16.7. The fourth-order valence-corrected chi connectivity index (χ4v) is 3.93. The second-order valence-electron chi connectivity index (χ2n) is 8.15. The number of hydrogen-bond acceptors (Lipinski definition) is 13. The summed E-state index contributed by atoms with van der Waals surface area (Å²) in [6, 6.07) is -0.968. The Morgan fingerprint density at radius 2 is 1.44 bits per heavy atom. The van der Waals surface area contributed by atoms with Crippen molar-refractivity contribution in [3.63, 3.8) is 0 Å². The maximum absolute atomic E-state index is 11.8. The van der Waals surface area contributed by atoms with Crippen molar-refractivity contribution in [3.05, 3.63) is 0 Å². The zero-order valence-corrected chi connectivity index (χ0v) is 19.0. The van der Waals surface area contributed by atoms with E-state index in [2.05, 4.69) is 5.32 Å². The van der Waals surface area contributed by atoms with E-state index >= 15 is 0 Å². The van der Waals surface area contributed by atoms with E-state index in [1.54, 1.807) is 0 Å². The molecule has 10 atom stereocenters. The van der Waals surface area contributed by atoms with Gasteiger partial charge in [-0.15, -0.1) is 0 Å². The molecule has 2 aliphatic rings. The summed E-state index contributed by atoms with van der Waals surface area (Å²) in [5.41, 5.74) is 0. The molecule has 0 bridgehead atoms. The lowest BCUT2D eigenvalue weighted by Crippen LogP contribution is -2.67. The van der Waals surface area contributed by atoms with E-state index in [-0.39, 0.29) is 39.5 Å². The summed E-state index contributed by atoms with van der Waals surface area (Å²) in [6.07, 6.45) is -12.1. The predicted molar refractivity (Wildman–Crippen MR) is 111 cm³/mol. The molecule has 14 nitrogen and oxygen atoms in total. The van der Waals surface area contributed by atoms with Gasteiger partial charge in [0.15, 0.2) is 6.29 Å². The summed E-state index contributed by atoms with van der Waals surface area (Å²) in [7, 11) is 0. The number of carbonyl (C=O) groups is 1. The van der Waals surface area contributed by atoms with Crippen LogP contribution < -0.4 is 5.32 Å². The molecule has 0 aliphatic carbocycles. The standard InChI is InChI=1S/C20H37NO13/c1-10(25)21-14-11(2-4-30-6-7-31-5-3-22)32-13(9-24)19(16(14)27)34-20-18(29)17(28)15(26)12(8-23)33-20/h11-20,22-24,26-29H,2-9H2,1H3,(H,21,25)/t11-,12+,13+,14+,15-,16+,17-,18+,19+,20-/m0/s1. The Bertz CT molecular complexity index is 597. The van der Waals surface area contributed by atoms with E-state index in [1.165, 1.54) is 6.92 Å². The predicted octanol–water partition coefficient (Wildman–Crippen LogP) is -4.79. The maximum Gasteiger partial charge on any atom is 0.217 e. The molecule has 34 heavy (non-hydrogen) atoms. The molecule has 8 N–H and O–H groups in total. The van der Waals surface area contributed by atoms with Crippen molar-refractivity contribution in [2.24, 2.45) is 0 Å². The van der Waals surface area contributed by atoms with Gasteiger partial charge in [-0.05, 0) is 6.42 Å². The van der Waals surface area contributed by atoms with E-state index in [1.807, 2.05) is 0 Å². The van der Waals surface area contributed by atoms with Gasteiger partial charge < -0.3 is 64.7 Å². The molecule has 0 radical (unpaired) electrons. The molecule has 2 saturated heterocycles. The minimum absolute atomic E-state index is 0.0961. The van der Waals surface area contributed by atoms with Crippen molar-refractivity contribution in [2.45, 2.75) is 74.5 Å². The fraction of sp³-hybridized carbons (Fsp3) is 0.950. The van der Waals surface area contributed by atoms with E-state index in [0.29, 0.717) is 0 Å². The van der Waals surface area contributed by atoms with Gasteiger partial charge in [0.2, 0.25) is 5.91 Å². The van der Waals surface area contributed by atoms with Gasteiger partial charge >= 0.3 is 0 Å². The van der Waals surface area contributed by atoms with Crippen molar-refractivity contribution in [1.82, 2.24) is 5.32 Å². The van der Waals surface area contributed by atoms with Gasteiger partial charge in [-0.1, -0.05) is 0 Å². The maximum atomic E-state index is 11.8. The Hall–Kier alpha value is -1.01. The number of aliphatic hydroxyl groups excluding tert-OH is 7. The third-order valence-electron chi connectivity index (χ3n) is 5.67. The van der Waals surface area contributed by atoms with E-state index in [4.69, 9.17) is 28.8 Å². The monoisotopic (exact) mass is 499 g/mol. The van der Waals surface area contributed by atoms with Crippen LogP contribution in [0.3, 0.4) is 0 Å². The van der Waals surface area contributed by atoms with Crippen molar-refractivity contribution >= 4 is 5.91 Å². The lowest BCUT2D eigenvalue weighted by atomic mass is 9.90. The van der Waals surface area contributed by atoms with Crippen molar-refractivity contribution in [1.29, 1.82) is 0 Å². The van der Waals surface area contributed by atoms with Crippen LogP contribution in [0.5, 0.6) is 0 Å². The average Bonchev–Trinajstić information content (AvgIpc) is 2.81. The fourth-order valence-electron chi connectivity index (χ4n) is 3.93. The van der Waals surface area contributed by atoms with Gasteiger partial charge in [-0.3, -0.25) is 4.79 Å². The van der Waals surface area contributed by atoms with Crippen LogP contribution in [-0.4, -0.2) is 149 Å². The minimum atomic E-state index is -1.72. The number of carbonyl (C=O) groups excluding carboxylic acids is 1. The highest BCUT2D eigenvalue weighted by molar-refractivity contribution is 5.73. The molecule has 2 aliphatic heterocycles. The molecular weight excluding hydrogens is 462 g/mol. The number of nitrogens with one attached hydrogen (secondary N) is 1. The average molecular weight is 500 g/mol. The molecule has 200 valence electrons. The van der Waals surface area contributed by atoms with E-state index in [9.17, 15) is 35.4 Å². The first-order valence-electron chi connectivity index (χ1n) is 11.2. The first-order chi connectivity index (χ1) is 16.2. The van der Waals surface area contributed by atoms with Crippen LogP contribution in [0.1, 0.15) is 13.3 Å². The number of ether oxygens (including phenoxy) is 5. The summed E-state index contributed by atoms with van der Waals surface area (Å²) >= 11 is 0. The number of amides is 1. The molecule has 0 spiro atoms. The van der Waals surface area contributed by atoms with Gasteiger partial charge in [0.25, 0.3) is 0 Å². The van der Waals surface area contributed by atoms with Crippen LogP contribution >= 0.6 is 0 Å². The highest BCUT2D eigenvalue weighted by Crippen LogP contribution is 2.30. The number of hydrogen-bond donors (Lipinski definition) is 8. The lowest BCUT2D eigenvalue weighted by molar-refractivity contribution is -0.336. The molecule has 2 heterocycles. The summed E-state index contributed by atoms with van der Waals surface area (Å²) in [5, 5.41) is 71.6. The van der Waals surface area contributed by atoms with Crippen LogP contribution in [0.4, 0.5) is 0 Å². The largest absolute Gasteiger partial charge is 0.394 e. The van der Waals surface area contributed by atoms with Crippen LogP contribution in [0, 0.1) is 0 Å². The zero-order chi connectivity index (χ0) is 25.3. The third-order valence-corrected chi connectivity index (χ3v) is 5.67. The molecule has 14 heteroatoms. The molecule has 0 aromatic carbocycles. The first-order valence-corrected chi connectivity index (χ1v) is 11.2. The smallest absolute Gasteiger partial charge is 0.217 e. The lowest BCUT2D eigenvalue weighted by Gasteiger charge is -2.47. The summed E-state index contributed by atoms with van der Waals surface area (Å²) in [6.45, 7) is 0.820. The Labute approximate surface area is 197 Å². The topological polar surface area (TPSA) is 217 Å². The quantitative estimate of drug-likeness (QED) is 0.112. The van der Waals surface area contributed by atoms with Crippen LogP contribution in [0.15, 0.2) is 0 Å². The van der Waals surface area contributed by atoms with Crippen LogP contribution in [-0.2, 0) is 28.5 Å². The Morgan fingerprint density at radius 3 is 2.03 bits per heavy atom. The summed E-state index contributed by atoms with van der Waals surface area (Å²) in [5.74, 6) is -0.454. The zero-order valence-electron chi connectivity index (χ0n) is 19.0. The second kappa shape index (κ2) is 14.5. The van der Waals surface area contributed by atoms with Gasteiger partial charge in [0, 0.05) is 13.5 Å². The molecule has 0 aromatic heterocycles. The van der Waals surface area contributed by atoms with Gasteiger partial charge in [0.1, 0.15) is 42.7 Å². The normalized spacial score (nSPS) is 38.6. The van der Waals surface area contributed by atoms with Crippen molar-refractivity contribution in [2.75, 3.05) is 46.2 Å². The molecular formula is C20H37NO13. The minimum Gasteiger partial charge on any atom is -0.394 e. The molecule has 2 fully saturated rings. The summed E-state index contributed by atoms with van der Waals surface area (Å²) < 4.78 is 27.4. The highest BCUT2D eigenvalue weighted by Gasteiger charge is 2.50.